The minimum absolute atomic E-state index is 0.0861. The highest BCUT2D eigenvalue weighted by Crippen LogP contribution is 2.46. The molecule has 0 radical (unpaired) electrons. The average molecular weight is 682 g/mol. The van der Waals surface area contributed by atoms with Gasteiger partial charge < -0.3 is 14.4 Å². The molecule has 2 aromatic heterocycles. The number of aromatic nitrogens is 3. The van der Waals surface area contributed by atoms with Crippen LogP contribution in [0.3, 0.4) is 0 Å². The number of nitrogens with one attached hydrogen (secondary N) is 1. The van der Waals surface area contributed by atoms with Crippen LogP contribution < -0.4 is 4.72 Å². The molecule has 3 heterocycles. The number of anilines is 1. The smallest absolute Gasteiger partial charge is 0.410 e. The Hall–Kier alpha value is -2.63. The van der Waals surface area contributed by atoms with Crippen LogP contribution in [0.15, 0.2) is 30.5 Å². The molecule has 1 aliphatic rings. The van der Waals surface area contributed by atoms with Crippen LogP contribution in [0.2, 0.25) is 5.28 Å². The number of rotatable bonds is 8. The molecule has 1 atom stereocenters. The van der Waals surface area contributed by atoms with Gasteiger partial charge in [0.2, 0.25) is 5.28 Å². The Balaban J connectivity index is 0.00000169. The summed E-state index contributed by atoms with van der Waals surface area (Å²) in [5, 5.41) is 0.920. The molecule has 0 bridgehead atoms. The topological polar surface area (TPSA) is 97.3 Å². The second-order valence-corrected chi connectivity index (χ2v) is 14.3. The van der Waals surface area contributed by atoms with Crippen molar-refractivity contribution < 1.29 is 18.1 Å². The van der Waals surface area contributed by atoms with Gasteiger partial charge in [0.1, 0.15) is 16.6 Å². The molecule has 1 N–H and O–H groups in total. The normalized spacial score (nSPS) is 14.4. The fraction of sp³-hybridized carbons (Fsp3) is 0.576. The first-order chi connectivity index (χ1) is 21.3. The van der Waals surface area contributed by atoms with E-state index in [4.69, 9.17) is 21.3 Å². The largest absolute Gasteiger partial charge is 0.444 e. The number of hydrogen-bond acceptors (Lipinski definition) is 7. The summed E-state index contributed by atoms with van der Waals surface area (Å²) in [5.74, 6) is 0.117. The average Bonchev–Trinajstić information content (AvgIpc) is 3.46. The standard InChI is InChI=1S/C29H37ClFN5O3S2.2C2H6/c1-7-17-41(38)35-20-10-8-9-19(22(20)31)23-24(21-11-14-32-26(30)33-21)40-25(34-23)29(5,6)18-12-15-36(16-13-18)27(37)39-28(2,3)4;2*1-2/h8-11,14,18,35H,7,12-13,15-17H2,1-6H3;2*1-2H3. The molecule has 0 aliphatic carbocycles. The van der Waals surface area contributed by atoms with E-state index in [-0.39, 0.29) is 34.0 Å². The molecule has 0 saturated carbocycles. The quantitative estimate of drug-likeness (QED) is 0.238. The van der Waals surface area contributed by atoms with Crippen LogP contribution in [0.5, 0.6) is 0 Å². The van der Waals surface area contributed by atoms with Crippen molar-refractivity contribution in [3.05, 3.63) is 46.6 Å². The van der Waals surface area contributed by atoms with Crippen LogP contribution in [0.1, 0.15) is 93.5 Å². The van der Waals surface area contributed by atoms with E-state index in [1.54, 1.807) is 35.4 Å². The summed E-state index contributed by atoms with van der Waals surface area (Å²) in [6, 6.07) is 6.69. The van der Waals surface area contributed by atoms with Crippen molar-refractivity contribution >= 4 is 45.7 Å². The van der Waals surface area contributed by atoms with Crippen LogP contribution in [-0.4, -0.2) is 54.6 Å². The van der Waals surface area contributed by atoms with Gasteiger partial charge in [0, 0.05) is 36.0 Å². The summed E-state index contributed by atoms with van der Waals surface area (Å²) in [6.07, 6.45) is 3.55. The lowest BCUT2D eigenvalue weighted by Gasteiger charge is -2.40. The SMILES string of the molecule is CC.CC.CCCS(=O)Nc1cccc(-c2nc(C(C)(C)C3CCN(C(=O)OC(C)(C)C)CC3)sc2-c2ccnc(Cl)n2)c1F. The van der Waals surface area contributed by atoms with E-state index in [2.05, 4.69) is 28.5 Å². The lowest BCUT2D eigenvalue weighted by molar-refractivity contribution is 0.0154. The fourth-order valence-electron chi connectivity index (χ4n) is 4.85. The molecule has 3 aromatic rings. The summed E-state index contributed by atoms with van der Waals surface area (Å²) >= 11 is 7.59. The number of nitrogens with zero attached hydrogens (tertiary/aromatic N) is 4. The molecule has 12 heteroatoms. The molecular formula is C33H49ClFN5O3S2. The number of carbonyl (C=O) groups excluding carboxylic acids is 1. The van der Waals surface area contributed by atoms with Gasteiger partial charge in [-0.1, -0.05) is 54.5 Å². The fourth-order valence-corrected chi connectivity index (χ4v) is 7.10. The summed E-state index contributed by atoms with van der Waals surface area (Å²) < 4.78 is 36.6. The highest BCUT2D eigenvalue weighted by atomic mass is 35.5. The van der Waals surface area contributed by atoms with E-state index in [1.165, 1.54) is 11.3 Å². The van der Waals surface area contributed by atoms with E-state index in [0.717, 1.165) is 17.8 Å². The molecule has 1 amide bonds. The number of benzene rings is 1. The zero-order chi connectivity index (χ0) is 33.9. The number of thiazole rings is 1. The summed E-state index contributed by atoms with van der Waals surface area (Å²) in [4.78, 5) is 28.5. The van der Waals surface area contributed by atoms with Crippen LogP contribution in [0.25, 0.3) is 21.8 Å². The predicted octanol–water partition coefficient (Wildman–Crippen LogP) is 9.52. The molecule has 4 rings (SSSR count). The van der Waals surface area contributed by atoms with Gasteiger partial charge in [-0.3, -0.25) is 0 Å². The van der Waals surface area contributed by atoms with Crippen molar-refractivity contribution in [2.45, 2.75) is 99.5 Å². The molecule has 1 unspecified atom stereocenters. The van der Waals surface area contributed by atoms with Gasteiger partial charge in [-0.05, 0) is 75.8 Å². The van der Waals surface area contributed by atoms with Crippen molar-refractivity contribution in [2.75, 3.05) is 23.6 Å². The van der Waals surface area contributed by atoms with Gasteiger partial charge in [-0.25, -0.2) is 28.3 Å². The molecule has 1 saturated heterocycles. The van der Waals surface area contributed by atoms with Gasteiger partial charge in [0.15, 0.2) is 5.82 Å². The van der Waals surface area contributed by atoms with E-state index in [1.807, 2.05) is 55.4 Å². The van der Waals surface area contributed by atoms with Crippen molar-refractivity contribution in [3.63, 3.8) is 0 Å². The van der Waals surface area contributed by atoms with E-state index >= 15 is 4.39 Å². The Labute approximate surface area is 280 Å². The minimum Gasteiger partial charge on any atom is -0.444 e. The summed E-state index contributed by atoms with van der Waals surface area (Å²) in [7, 11) is -1.40. The van der Waals surface area contributed by atoms with E-state index in [0.29, 0.717) is 41.5 Å². The maximum Gasteiger partial charge on any atom is 0.410 e. The lowest BCUT2D eigenvalue weighted by Crippen LogP contribution is -2.45. The third-order valence-electron chi connectivity index (χ3n) is 7.07. The molecule has 1 aliphatic heterocycles. The van der Waals surface area contributed by atoms with Crippen LogP contribution >= 0.6 is 22.9 Å². The molecular weight excluding hydrogens is 633 g/mol. The summed E-state index contributed by atoms with van der Waals surface area (Å²) in [6.45, 7) is 21.0. The molecule has 1 aromatic carbocycles. The van der Waals surface area contributed by atoms with Crippen molar-refractivity contribution in [1.29, 1.82) is 0 Å². The van der Waals surface area contributed by atoms with E-state index < -0.39 is 22.4 Å². The first-order valence-corrected chi connectivity index (χ1v) is 18.2. The third kappa shape index (κ3) is 10.2. The van der Waals surface area contributed by atoms with E-state index in [9.17, 15) is 9.00 Å². The number of likely N-dealkylation sites (tertiary alicyclic amines) is 1. The second-order valence-electron chi connectivity index (χ2n) is 11.7. The predicted molar refractivity (Wildman–Crippen MR) is 187 cm³/mol. The van der Waals surface area contributed by atoms with Crippen molar-refractivity contribution in [2.24, 2.45) is 5.92 Å². The number of amides is 1. The van der Waals surface area contributed by atoms with Crippen LogP contribution in [-0.2, 0) is 21.1 Å². The van der Waals surface area contributed by atoms with Crippen LogP contribution in [0, 0.1) is 11.7 Å². The number of hydrogen-bond donors (Lipinski definition) is 1. The zero-order valence-corrected chi connectivity index (χ0v) is 30.7. The van der Waals surface area contributed by atoms with Crippen LogP contribution in [0.4, 0.5) is 14.9 Å². The third-order valence-corrected chi connectivity index (χ3v) is 9.90. The van der Waals surface area contributed by atoms with Gasteiger partial charge in [0.25, 0.3) is 0 Å². The maximum absolute atomic E-state index is 15.9. The van der Waals surface area contributed by atoms with Gasteiger partial charge in [0.05, 0.1) is 27.0 Å². The first kappa shape index (κ1) is 38.6. The Morgan fingerprint density at radius 2 is 1.76 bits per heavy atom. The first-order valence-electron chi connectivity index (χ1n) is 15.7. The maximum atomic E-state index is 15.9. The van der Waals surface area contributed by atoms with Gasteiger partial charge in [-0.2, -0.15) is 0 Å². The number of carbonyl (C=O) groups is 1. The molecule has 250 valence electrons. The minimum atomic E-state index is -1.40. The highest BCUT2D eigenvalue weighted by Gasteiger charge is 2.39. The Morgan fingerprint density at radius 1 is 1.11 bits per heavy atom. The summed E-state index contributed by atoms with van der Waals surface area (Å²) in [5.41, 5.74) is 0.519. The second kappa shape index (κ2) is 17.3. The Bertz CT molecular complexity index is 1420. The Kier molecular flexibility index (Phi) is 14.8. The molecule has 8 nitrogen and oxygen atoms in total. The van der Waals surface area contributed by atoms with Crippen molar-refractivity contribution in [1.82, 2.24) is 19.9 Å². The Morgan fingerprint density at radius 3 is 2.33 bits per heavy atom. The highest BCUT2D eigenvalue weighted by molar-refractivity contribution is 7.86. The molecule has 1 fully saturated rings. The zero-order valence-electron chi connectivity index (χ0n) is 28.3. The molecule has 0 spiro atoms. The lowest BCUT2D eigenvalue weighted by atomic mass is 9.74. The monoisotopic (exact) mass is 681 g/mol. The van der Waals surface area contributed by atoms with Gasteiger partial charge in [-0.15, -0.1) is 11.3 Å². The van der Waals surface area contributed by atoms with Gasteiger partial charge >= 0.3 is 6.09 Å². The number of ether oxygens (including phenoxy) is 1. The number of halogens is 2. The number of piperidine rings is 1. The molecule has 45 heavy (non-hydrogen) atoms. The van der Waals surface area contributed by atoms with Crippen molar-refractivity contribution in [3.8, 4) is 21.8 Å².